The molecule has 1 heterocycles. The number of ether oxygens (including phenoxy) is 1. The third-order valence-electron chi connectivity index (χ3n) is 2.55. The van der Waals surface area contributed by atoms with Crippen molar-refractivity contribution in [3.63, 3.8) is 0 Å². The Balaban J connectivity index is 2.42. The Morgan fingerprint density at radius 2 is 2.06 bits per heavy atom. The maximum Gasteiger partial charge on any atom is 0.240 e. The van der Waals surface area contributed by atoms with Crippen LogP contribution >= 0.6 is 11.6 Å². The molecular weight excluding hydrogens is 250 g/mol. The van der Waals surface area contributed by atoms with Crippen LogP contribution in [0.4, 0.5) is 0 Å². The summed E-state index contributed by atoms with van der Waals surface area (Å²) in [5.41, 5.74) is 2.63. The maximum absolute atomic E-state index is 6.22. The van der Waals surface area contributed by atoms with Gasteiger partial charge in [0.2, 0.25) is 5.88 Å². The summed E-state index contributed by atoms with van der Waals surface area (Å²) >= 11 is 6.22. The molecule has 1 N–H and O–H groups in total. The van der Waals surface area contributed by atoms with Crippen molar-refractivity contribution in [3.05, 3.63) is 41.2 Å². The van der Waals surface area contributed by atoms with Crippen LogP contribution < -0.4 is 10.1 Å². The van der Waals surface area contributed by atoms with Crippen LogP contribution in [0.2, 0.25) is 5.02 Å². The molecule has 0 amide bonds. The van der Waals surface area contributed by atoms with Crippen molar-refractivity contribution in [1.82, 2.24) is 15.3 Å². The highest BCUT2D eigenvalue weighted by atomic mass is 35.5. The van der Waals surface area contributed by atoms with E-state index in [0.717, 1.165) is 17.7 Å². The minimum absolute atomic E-state index is 0.495. The summed E-state index contributed by atoms with van der Waals surface area (Å²) in [6.07, 6.45) is 3.23. The Kier molecular flexibility index (Phi) is 4.12. The fraction of sp³-hybridized carbons (Fsp3) is 0.231. The lowest BCUT2D eigenvalue weighted by Gasteiger charge is -2.08. The number of benzene rings is 1. The maximum atomic E-state index is 6.22. The smallest absolute Gasteiger partial charge is 0.240 e. The van der Waals surface area contributed by atoms with Gasteiger partial charge in [-0.3, -0.25) is 0 Å². The molecule has 0 radical (unpaired) electrons. The van der Waals surface area contributed by atoms with Gasteiger partial charge in [0.1, 0.15) is 5.69 Å². The van der Waals surface area contributed by atoms with Crippen molar-refractivity contribution in [2.24, 2.45) is 0 Å². The predicted molar refractivity (Wildman–Crippen MR) is 71.8 cm³/mol. The van der Waals surface area contributed by atoms with E-state index in [1.165, 1.54) is 0 Å². The zero-order valence-electron chi connectivity index (χ0n) is 10.3. The van der Waals surface area contributed by atoms with Crippen LogP contribution in [-0.2, 0) is 6.54 Å². The molecule has 0 aliphatic rings. The van der Waals surface area contributed by atoms with Crippen LogP contribution in [0.5, 0.6) is 5.88 Å². The summed E-state index contributed by atoms with van der Waals surface area (Å²) in [7, 11) is 3.46. The monoisotopic (exact) mass is 263 g/mol. The van der Waals surface area contributed by atoms with Gasteiger partial charge in [-0.25, -0.2) is 9.97 Å². The van der Waals surface area contributed by atoms with Gasteiger partial charge in [-0.1, -0.05) is 23.7 Å². The Hall–Kier alpha value is -1.65. The SMILES string of the molecule is CNCc1ccc(-c2nccnc2OC)cc1Cl. The number of aromatic nitrogens is 2. The molecule has 18 heavy (non-hydrogen) atoms. The molecule has 0 saturated carbocycles. The van der Waals surface area contributed by atoms with Crippen molar-refractivity contribution in [3.8, 4) is 17.1 Å². The van der Waals surface area contributed by atoms with E-state index in [4.69, 9.17) is 16.3 Å². The highest BCUT2D eigenvalue weighted by molar-refractivity contribution is 6.31. The first-order valence-corrected chi connectivity index (χ1v) is 5.92. The lowest BCUT2D eigenvalue weighted by Crippen LogP contribution is -2.05. The summed E-state index contributed by atoms with van der Waals surface area (Å²) in [6, 6.07) is 5.81. The second-order valence-corrected chi connectivity index (χ2v) is 4.16. The molecule has 1 aromatic carbocycles. The topological polar surface area (TPSA) is 47.0 Å². The number of nitrogens with zero attached hydrogens (tertiary/aromatic N) is 2. The van der Waals surface area contributed by atoms with Crippen molar-refractivity contribution in [1.29, 1.82) is 0 Å². The normalized spacial score (nSPS) is 10.4. The zero-order valence-corrected chi connectivity index (χ0v) is 11.0. The van der Waals surface area contributed by atoms with Crippen LogP contribution in [0.1, 0.15) is 5.56 Å². The Bertz CT molecular complexity index is 546. The van der Waals surface area contributed by atoms with E-state index in [2.05, 4.69) is 15.3 Å². The first-order chi connectivity index (χ1) is 8.76. The van der Waals surface area contributed by atoms with Crippen LogP contribution in [0.25, 0.3) is 11.3 Å². The van der Waals surface area contributed by atoms with Gasteiger partial charge in [-0.15, -0.1) is 0 Å². The van der Waals surface area contributed by atoms with Gasteiger partial charge >= 0.3 is 0 Å². The summed E-state index contributed by atoms with van der Waals surface area (Å²) in [4.78, 5) is 8.40. The van der Waals surface area contributed by atoms with Gasteiger partial charge < -0.3 is 10.1 Å². The number of hydrogen-bond acceptors (Lipinski definition) is 4. The lowest BCUT2D eigenvalue weighted by molar-refractivity contribution is 0.398. The number of nitrogens with one attached hydrogen (secondary N) is 1. The van der Waals surface area contributed by atoms with E-state index in [0.29, 0.717) is 16.6 Å². The molecule has 0 saturated heterocycles. The quantitative estimate of drug-likeness (QED) is 0.921. The number of hydrogen-bond donors (Lipinski definition) is 1. The average Bonchev–Trinajstić information content (AvgIpc) is 2.41. The second kappa shape index (κ2) is 5.80. The third-order valence-corrected chi connectivity index (χ3v) is 2.90. The number of halogens is 1. The Morgan fingerprint density at radius 3 is 2.72 bits per heavy atom. The summed E-state index contributed by atoms with van der Waals surface area (Å²) in [5, 5.41) is 3.77. The van der Waals surface area contributed by atoms with Crippen molar-refractivity contribution < 1.29 is 4.74 Å². The van der Waals surface area contributed by atoms with Gasteiger partial charge in [-0.2, -0.15) is 0 Å². The molecule has 0 unspecified atom stereocenters. The fourth-order valence-electron chi connectivity index (χ4n) is 1.70. The molecule has 5 heteroatoms. The van der Waals surface area contributed by atoms with Crippen molar-refractivity contribution in [2.45, 2.75) is 6.54 Å². The summed E-state index contributed by atoms with van der Waals surface area (Å²) in [6.45, 7) is 0.733. The lowest BCUT2D eigenvalue weighted by atomic mass is 10.1. The van der Waals surface area contributed by atoms with Crippen LogP contribution in [0.15, 0.2) is 30.6 Å². The van der Waals surface area contributed by atoms with Crippen LogP contribution in [-0.4, -0.2) is 24.1 Å². The first kappa shape index (κ1) is 12.8. The van der Waals surface area contributed by atoms with Gasteiger partial charge in [0, 0.05) is 29.5 Å². The first-order valence-electron chi connectivity index (χ1n) is 5.54. The fourth-order valence-corrected chi connectivity index (χ4v) is 1.95. The predicted octanol–water partition coefficient (Wildman–Crippen LogP) is 2.53. The largest absolute Gasteiger partial charge is 0.479 e. The minimum atomic E-state index is 0.495. The van der Waals surface area contributed by atoms with Crippen LogP contribution in [0, 0.1) is 0 Å². The molecule has 2 aromatic rings. The molecular formula is C13H14ClN3O. The highest BCUT2D eigenvalue weighted by Gasteiger charge is 2.10. The molecule has 1 aromatic heterocycles. The molecule has 0 aliphatic heterocycles. The molecule has 94 valence electrons. The van der Waals surface area contributed by atoms with Gasteiger partial charge in [0.15, 0.2) is 0 Å². The van der Waals surface area contributed by atoms with Crippen molar-refractivity contribution >= 4 is 11.6 Å². The van der Waals surface area contributed by atoms with E-state index >= 15 is 0 Å². The van der Waals surface area contributed by atoms with Crippen molar-refractivity contribution in [2.75, 3.05) is 14.2 Å². The number of methoxy groups -OCH3 is 1. The second-order valence-electron chi connectivity index (χ2n) is 3.75. The minimum Gasteiger partial charge on any atom is -0.479 e. The van der Waals surface area contributed by atoms with E-state index in [9.17, 15) is 0 Å². The molecule has 0 fully saturated rings. The summed E-state index contributed by atoms with van der Waals surface area (Å²) < 4.78 is 5.19. The van der Waals surface area contributed by atoms with E-state index in [1.807, 2.05) is 25.2 Å². The molecule has 0 bridgehead atoms. The highest BCUT2D eigenvalue weighted by Crippen LogP contribution is 2.28. The van der Waals surface area contributed by atoms with E-state index in [-0.39, 0.29) is 0 Å². The standard InChI is InChI=1S/C13H14ClN3O/c1-15-8-10-4-3-9(7-11(10)14)12-13(18-2)17-6-5-16-12/h3-7,15H,8H2,1-2H3. The number of rotatable bonds is 4. The summed E-state index contributed by atoms with van der Waals surface area (Å²) in [5.74, 6) is 0.495. The molecule has 0 atom stereocenters. The van der Waals surface area contributed by atoms with Crippen LogP contribution in [0.3, 0.4) is 0 Å². The molecule has 4 nitrogen and oxygen atoms in total. The van der Waals surface area contributed by atoms with Gasteiger partial charge in [0.25, 0.3) is 0 Å². The van der Waals surface area contributed by atoms with E-state index in [1.54, 1.807) is 19.5 Å². The Labute approximate surface area is 111 Å². The average molecular weight is 264 g/mol. The Morgan fingerprint density at radius 1 is 1.28 bits per heavy atom. The van der Waals surface area contributed by atoms with E-state index < -0.39 is 0 Å². The van der Waals surface area contributed by atoms with Gasteiger partial charge in [-0.05, 0) is 18.7 Å². The zero-order chi connectivity index (χ0) is 13.0. The molecule has 0 spiro atoms. The molecule has 2 rings (SSSR count). The third kappa shape index (κ3) is 2.60. The van der Waals surface area contributed by atoms with Gasteiger partial charge in [0.05, 0.1) is 7.11 Å². The molecule has 0 aliphatic carbocycles.